The Hall–Kier alpha value is -0.860. The summed E-state index contributed by atoms with van der Waals surface area (Å²) in [4.78, 5) is 11.9. The van der Waals surface area contributed by atoms with E-state index in [1.807, 2.05) is 6.92 Å². The molecular formula is C16H23ClO2. The standard InChI is InChI=1S/C16H23ClO2/c1-3-4-5-6-7-13(2)19-12-16(18)14-8-10-15(17)11-9-14/h8-11,13H,3-7,12H2,1-2H3. The van der Waals surface area contributed by atoms with Crippen LogP contribution in [0.4, 0.5) is 0 Å². The molecule has 0 aliphatic carbocycles. The van der Waals surface area contributed by atoms with Gasteiger partial charge in [0.15, 0.2) is 5.78 Å². The minimum Gasteiger partial charge on any atom is -0.370 e. The third-order valence-electron chi connectivity index (χ3n) is 3.13. The third-order valence-corrected chi connectivity index (χ3v) is 3.38. The van der Waals surface area contributed by atoms with Gasteiger partial charge in [0.1, 0.15) is 6.61 Å². The van der Waals surface area contributed by atoms with Crippen LogP contribution in [0, 0.1) is 0 Å². The molecule has 19 heavy (non-hydrogen) atoms. The molecule has 0 amide bonds. The predicted molar refractivity (Wildman–Crippen MR) is 80.0 cm³/mol. The summed E-state index contributed by atoms with van der Waals surface area (Å²) < 4.78 is 5.59. The van der Waals surface area contributed by atoms with E-state index in [1.165, 1.54) is 25.7 Å². The number of hydrogen-bond acceptors (Lipinski definition) is 2. The van der Waals surface area contributed by atoms with Gasteiger partial charge in [0.05, 0.1) is 6.10 Å². The van der Waals surface area contributed by atoms with E-state index in [4.69, 9.17) is 16.3 Å². The molecule has 0 saturated heterocycles. The van der Waals surface area contributed by atoms with Gasteiger partial charge in [-0.3, -0.25) is 4.79 Å². The number of rotatable bonds is 9. The summed E-state index contributed by atoms with van der Waals surface area (Å²) in [7, 11) is 0. The number of ether oxygens (including phenoxy) is 1. The Morgan fingerprint density at radius 1 is 1.21 bits per heavy atom. The molecule has 3 heteroatoms. The fourth-order valence-electron chi connectivity index (χ4n) is 1.88. The Morgan fingerprint density at radius 3 is 2.53 bits per heavy atom. The van der Waals surface area contributed by atoms with E-state index in [9.17, 15) is 4.79 Å². The molecule has 0 saturated carbocycles. The lowest BCUT2D eigenvalue weighted by Crippen LogP contribution is -2.15. The zero-order valence-electron chi connectivity index (χ0n) is 11.8. The molecule has 1 rings (SSSR count). The van der Waals surface area contributed by atoms with Gasteiger partial charge in [-0.05, 0) is 37.6 Å². The van der Waals surface area contributed by atoms with Crippen molar-refractivity contribution < 1.29 is 9.53 Å². The number of carbonyl (C=O) groups is 1. The highest BCUT2D eigenvalue weighted by molar-refractivity contribution is 6.30. The number of benzene rings is 1. The van der Waals surface area contributed by atoms with Crippen LogP contribution in [0.1, 0.15) is 56.3 Å². The largest absolute Gasteiger partial charge is 0.370 e. The Morgan fingerprint density at radius 2 is 1.89 bits per heavy atom. The van der Waals surface area contributed by atoms with E-state index in [2.05, 4.69) is 6.92 Å². The lowest BCUT2D eigenvalue weighted by Gasteiger charge is -2.12. The number of hydrogen-bond donors (Lipinski definition) is 0. The van der Waals surface area contributed by atoms with Gasteiger partial charge in [0.25, 0.3) is 0 Å². The van der Waals surface area contributed by atoms with Crippen molar-refractivity contribution in [1.82, 2.24) is 0 Å². The lowest BCUT2D eigenvalue weighted by molar-refractivity contribution is 0.0483. The van der Waals surface area contributed by atoms with Gasteiger partial charge in [-0.15, -0.1) is 0 Å². The first-order chi connectivity index (χ1) is 9.13. The van der Waals surface area contributed by atoms with Gasteiger partial charge >= 0.3 is 0 Å². The summed E-state index contributed by atoms with van der Waals surface area (Å²) in [5.74, 6) is 0.0112. The SMILES string of the molecule is CCCCCCC(C)OCC(=O)c1ccc(Cl)cc1. The van der Waals surface area contributed by atoms with Gasteiger partial charge < -0.3 is 4.74 Å². The number of carbonyl (C=O) groups excluding carboxylic acids is 1. The van der Waals surface area contributed by atoms with Gasteiger partial charge in [0, 0.05) is 10.6 Å². The molecule has 1 unspecified atom stereocenters. The van der Waals surface area contributed by atoms with E-state index >= 15 is 0 Å². The molecular weight excluding hydrogens is 260 g/mol. The Kier molecular flexibility index (Phi) is 7.76. The Labute approximate surface area is 121 Å². The van der Waals surface area contributed by atoms with Crippen LogP contribution in [0.25, 0.3) is 0 Å². The predicted octanol–water partition coefficient (Wildman–Crippen LogP) is 4.90. The van der Waals surface area contributed by atoms with Crippen LogP contribution in [0.3, 0.4) is 0 Å². The van der Waals surface area contributed by atoms with E-state index in [-0.39, 0.29) is 18.5 Å². The van der Waals surface area contributed by atoms with Crippen molar-refractivity contribution in [2.24, 2.45) is 0 Å². The number of unbranched alkanes of at least 4 members (excludes halogenated alkanes) is 3. The normalized spacial score (nSPS) is 12.4. The average Bonchev–Trinajstić information content (AvgIpc) is 2.42. The highest BCUT2D eigenvalue weighted by Crippen LogP contribution is 2.11. The topological polar surface area (TPSA) is 26.3 Å². The fourth-order valence-corrected chi connectivity index (χ4v) is 2.00. The summed E-state index contributed by atoms with van der Waals surface area (Å²) in [5, 5.41) is 0.641. The van der Waals surface area contributed by atoms with E-state index in [0.29, 0.717) is 10.6 Å². The molecule has 0 spiro atoms. The average molecular weight is 283 g/mol. The molecule has 0 fully saturated rings. The monoisotopic (exact) mass is 282 g/mol. The second-order valence-electron chi connectivity index (χ2n) is 4.90. The molecule has 106 valence electrons. The molecule has 0 aliphatic heterocycles. The van der Waals surface area contributed by atoms with Crippen LogP contribution in [0.15, 0.2) is 24.3 Å². The Bertz CT molecular complexity index is 373. The van der Waals surface area contributed by atoms with E-state index in [0.717, 1.165) is 6.42 Å². The number of Topliss-reactive ketones (excluding diaryl/α,β-unsaturated/α-hetero) is 1. The zero-order chi connectivity index (χ0) is 14.1. The van der Waals surface area contributed by atoms with Crippen molar-refractivity contribution in [3.05, 3.63) is 34.9 Å². The van der Waals surface area contributed by atoms with Gasteiger partial charge in [-0.2, -0.15) is 0 Å². The van der Waals surface area contributed by atoms with Crippen molar-refractivity contribution in [1.29, 1.82) is 0 Å². The maximum atomic E-state index is 11.9. The van der Waals surface area contributed by atoms with E-state index < -0.39 is 0 Å². The second-order valence-corrected chi connectivity index (χ2v) is 5.34. The molecule has 0 heterocycles. The molecule has 1 atom stereocenters. The van der Waals surface area contributed by atoms with Crippen molar-refractivity contribution >= 4 is 17.4 Å². The fraction of sp³-hybridized carbons (Fsp3) is 0.562. The van der Waals surface area contributed by atoms with Crippen LogP contribution in [0.2, 0.25) is 5.02 Å². The molecule has 1 aromatic carbocycles. The first-order valence-corrected chi connectivity index (χ1v) is 7.41. The van der Waals surface area contributed by atoms with Gasteiger partial charge in [-0.1, -0.05) is 44.2 Å². The summed E-state index contributed by atoms with van der Waals surface area (Å²) in [6, 6.07) is 6.92. The van der Waals surface area contributed by atoms with Gasteiger partial charge in [-0.25, -0.2) is 0 Å². The summed E-state index contributed by atoms with van der Waals surface area (Å²) >= 11 is 5.78. The first-order valence-electron chi connectivity index (χ1n) is 7.04. The number of halogens is 1. The Balaban J connectivity index is 2.24. The number of ketones is 1. The minimum absolute atomic E-state index is 0.0112. The van der Waals surface area contributed by atoms with Crippen LogP contribution >= 0.6 is 11.6 Å². The summed E-state index contributed by atoms with van der Waals surface area (Å²) in [6.07, 6.45) is 6.10. The molecule has 0 bridgehead atoms. The molecule has 0 N–H and O–H groups in total. The molecule has 0 radical (unpaired) electrons. The van der Waals surface area contributed by atoms with Crippen molar-refractivity contribution in [2.75, 3.05) is 6.61 Å². The molecule has 1 aromatic rings. The minimum atomic E-state index is 0.0112. The van der Waals surface area contributed by atoms with Crippen LogP contribution in [-0.4, -0.2) is 18.5 Å². The van der Waals surface area contributed by atoms with Crippen LogP contribution < -0.4 is 0 Å². The van der Waals surface area contributed by atoms with Crippen molar-refractivity contribution in [3.8, 4) is 0 Å². The second kappa shape index (κ2) is 9.11. The van der Waals surface area contributed by atoms with Crippen molar-refractivity contribution in [3.63, 3.8) is 0 Å². The maximum absolute atomic E-state index is 11.9. The summed E-state index contributed by atoms with van der Waals surface area (Å²) in [6.45, 7) is 4.38. The first kappa shape index (κ1) is 16.2. The highest BCUT2D eigenvalue weighted by Gasteiger charge is 2.09. The van der Waals surface area contributed by atoms with E-state index in [1.54, 1.807) is 24.3 Å². The molecule has 2 nitrogen and oxygen atoms in total. The zero-order valence-corrected chi connectivity index (χ0v) is 12.6. The van der Waals surface area contributed by atoms with Crippen LogP contribution in [0.5, 0.6) is 0 Å². The molecule has 0 aliphatic rings. The van der Waals surface area contributed by atoms with Gasteiger partial charge in [0.2, 0.25) is 0 Å². The smallest absolute Gasteiger partial charge is 0.188 e. The quantitative estimate of drug-likeness (QED) is 0.476. The maximum Gasteiger partial charge on any atom is 0.188 e. The highest BCUT2D eigenvalue weighted by atomic mass is 35.5. The third kappa shape index (κ3) is 6.74. The lowest BCUT2D eigenvalue weighted by atomic mass is 10.1. The van der Waals surface area contributed by atoms with Crippen LogP contribution in [-0.2, 0) is 4.74 Å². The van der Waals surface area contributed by atoms with Crippen molar-refractivity contribution in [2.45, 2.75) is 52.1 Å². The summed E-state index contributed by atoms with van der Waals surface area (Å²) in [5.41, 5.74) is 0.655. The molecule has 0 aromatic heterocycles.